The molecule has 1 saturated heterocycles. The number of nitrogens with one attached hydrogen (secondary N) is 1. The molecule has 27 heavy (non-hydrogen) atoms. The Kier molecular flexibility index (Phi) is 4.83. The lowest BCUT2D eigenvalue weighted by Gasteiger charge is -2.45. The first-order valence-electron chi connectivity index (χ1n) is 9.40. The summed E-state index contributed by atoms with van der Waals surface area (Å²) in [6, 6.07) is 8.68. The fourth-order valence-corrected chi connectivity index (χ4v) is 4.18. The zero-order valence-electron chi connectivity index (χ0n) is 15.0. The summed E-state index contributed by atoms with van der Waals surface area (Å²) in [4.78, 5) is 12.9. The fraction of sp³-hybridized carbons (Fsp3) is 0.381. The summed E-state index contributed by atoms with van der Waals surface area (Å²) in [6.45, 7) is 2.14. The summed E-state index contributed by atoms with van der Waals surface area (Å²) in [5, 5.41) is 12.0. The van der Waals surface area contributed by atoms with Gasteiger partial charge in [0.2, 0.25) is 0 Å². The smallest absolute Gasteiger partial charge is 0.303 e. The maximum Gasteiger partial charge on any atom is 0.303 e. The van der Waals surface area contributed by atoms with E-state index < -0.39 is 17.6 Å². The Balaban J connectivity index is 1.69. The monoisotopic (exact) mass is 372 g/mol. The number of rotatable bonds is 7. The van der Waals surface area contributed by atoms with Gasteiger partial charge in [0.15, 0.2) is 11.7 Å². The number of fused-ring (bicyclic) bond motifs is 2. The molecule has 0 saturated carbocycles. The van der Waals surface area contributed by atoms with Crippen LogP contribution in [0.25, 0.3) is 5.57 Å². The van der Waals surface area contributed by atoms with Gasteiger partial charge in [-0.25, -0.2) is 8.78 Å². The fourth-order valence-electron chi connectivity index (χ4n) is 4.18. The van der Waals surface area contributed by atoms with E-state index in [1.54, 1.807) is 12.1 Å². The highest BCUT2D eigenvalue weighted by atomic mass is 19.2. The Labute approximate surface area is 156 Å². The van der Waals surface area contributed by atoms with Crippen molar-refractivity contribution in [2.45, 2.75) is 31.7 Å². The number of nitrogens with zero attached hydrogens (tertiary/aromatic N) is 1. The molecule has 0 radical (unpaired) electrons. The summed E-state index contributed by atoms with van der Waals surface area (Å²) in [7, 11) is 0. The van der Waals surface area contributed by atoms with Gasteiger partial charge in [0, 0.05) is 36.2 Å². The topological polar surface area (TPSA) is 52.6 Å². The SMILES string of the molecule is O=C(O)CCCNC1c2c(F)c(F)c(-c3ccccc3)c1c2N1CCCC1. The third-order valence-corrected chi connectivity index (χ3v) is 5.41. The highest BCUT2D eigenvalue weighted by Crippen LogP contribution is 2.54. The number of hydrogen-bond donors (Lipinski definition) is 2. The zero-order chi connectivity index (χ0) is 19.0. The average molecular weight is 372 g/mol. The Morgan fingerprint density at radius 1 is 1.11 bits per heavy atom. The number of carboxylic acid groups (broad SMARTS) is 1. The molecule has 3 aliphatic rings. The number of likely N-dealkylation sites (tertiary alicyclic amines) is 1. The summed E-state index contributed by atoms with van der Waals surface area (Å²) >= 11 is 0. The normalized spacial score (nSPS) is 21.9. The van der Waals surface area contributed by atoms with Crippen LogP contribution in [0, 0.1) is 0 Å². The Morgan fingerprint density at radius 2 is 1.81 bits per heavy atom. The Morgan fingerprint density at radius 3 is 2.48 bits per heavy atom. The summed E-state index contributed by atoms with van der Waals surface area (Å²) in [5.41, 5.74) is 2.99. The first-order chi connectivity index (χ1) is 13.1. The van der Waals surface area contributed by atoms with Crippen LogP contribution in [-0.4, -0.2) is 41.7 Å². The minimum absolute atomic E-state index is 0.0506. The van der Waals surface area contributed by atoms with Crippen molar-refractivity contribution in [1.29, 1.82) is 0 Å². The molecule has 1 atom stereocenters. The molecule has 4 rings (SSSR count). The molecule has 1 aliphatic heterocycles. The molecule has 1 fully saturated rings. The molecular weight excluding hydrogens is 350 g/mol. The van der Waals surface area contributed by atoms with Crippen LogP contribution >= 0.6 is 0 Å². The highest BCUT2D eigenvalue weighted by molar-refractivity contribution is 5.93. The van der Waals surface area contributed by atoms with E-state index in [1.807, 2.05) is 18.2 Å². The summed E-state index contributed by atoms with van der Waals surface area (Å²) in [5.74, 6) is -2.44. The summed E-state index contributed by atoms with van der Waals surface area (Å²) < 4.78 is 29.8. The van der Waals surface area contributed by atoms with Crippen molar-refractivity contribution < 1.29 is 18.7 Å². The molecule has 0 spiro atoms. The lowest BCUT2D eigenvalue weighted by atomic mass is 9.70. The third-order valence-electron chi connectivity index (χ3n) is 5.41. The van der Waals surface area contributed by atoms with Gasteiger partial charge in [0.05, 0.1) is 11.7 Å². The molecule has 1 aromatic carbocycles. The first kappa shape index (κ1) is 17.9. The second-order valence-electron chi connectivity index (χ2n) is 7.12. The molecule has 2 N–H and O–H groups in total. The third kappa shape index (κ3) is 3.08. The van der Waals surface area contributed by atoms with Crippen molar-refractivity contribution in [2.75, 3.05) is 19.6 Å². The molecule has 0 aromatic heterocycles. The average Bonchev–Trinajstić information content (AvgIpc) is 3.17. The zero-order valence-corrected chi connectivity index (χ0v) is 15.0. The van der Waals surface area contributed by atoms with Crippen LogP contribution in [-0.2, 0) is 4.79 Å². The van der Waals surface area contributed by atoms with Gasteiger partial charge >= 0.3 is 5.97 Å². The van der Waals surface area contributed by atoms with Gasteiger partial charge in [0.25, 0.3) is 0 Å². The predicted octanol–water partition coefficient (Wildman–Crippen LogP) is 3.79. The Hall–Kier alpha value is -2.47. The lowest BCUT2D eigenvalue weighted by Crippen LogP contribution is -2.48. The van der Waals surface area contributed by atoms with Gasteiger partial charge in [-0.15, -0.1) is 0 Å². The molecule has 1 unspecified atom stereocenters. The number of halogens is 2. The maximum atomic E-state index is 15.0. The second-order valence-corrected chi connectivity index (χ2v) is 7.12. The highest BCUT2D eigenvalue weighted by Gasteiger charge is 2.48. The van der Waals surface area contributed by atoms with E-state index in [-0.39, 0.29) is 12.5 Å². The lowest BCUT2D eigenvalue weighted by molar-refractivity contribution is -0.137. The number of carbonyl (C=O) groups is 1. The van der Waals surface area contributed by atoms with Gasteiger partial charge in [0.1, 0.15) is 0 Å². The van der Waals surface area contributed by atoms with E-state index in [4.69, 9.17) is 5.11 Å². The minimum Gasteiger partial charge on any atom is -0.481 e. The minimum atomic E-state index is -0.858. The van der Waals surface area contributed by atoms with Crippen molar-refractivity contribution >= 4 is 11.5 Å². The van der Waals surface area contributed by atoms with E-state index in [9.17, 15) is 13.6 Å². The van der Waals surface area contributed by atoms with Gasteiger partial charge in [-0.3, -0.25) is 4.79 Å². The van der Waals surface area contributed by atoms with Gasteiger partial charge in [-0.1, -0.05) is 30.3 Å². The molecule has 2 bridgehead atoms. The molecular formula is C21H22F2N2O2. The van der Waals surface area contributed by atoms with Crippen LogP contribution in [0.4, 0.5) is 8.78 Å². The molecule has 2 aliphatic carbocycles. The van der Waals surface area contributed by atoms with Crippen LogP contribution in [0.15, 0.2) is 58.8 Å². The van der Waals surface area contributed by atoms with Crippen LogP contribution in [0.5, 0.6) is 0 Å². The number of carboxylic acids is 1. The second kappa shape index (κ2) is 7.27. The van der Waals surface area contributed by atoms with E-state index in [0.29, 0.717) is 29.7 Å². The molecule has 142 valence electrons. The van der Waals surface area contributed by atoms with Crippen LogP contribution in [0.3, 0.4) is 0 Å². The largest absolute Gasteiger partial charge is 0.481 e. The molecule has 4 nitrogen and oxygen atoms in total. The van der Waals surface area contributed by atoms with Crippen molar-refractivity contribution in [3.05, 3.63) is 64.4 Å². The van der Waals surface area contributed by atoms with Crippen molar-refractivity contribution in [2.24, 2.45) is 0 Å². The Bertz CT molecular complexity index is 852. The van der Waals surface area contributed by atoms with Gasteiger partial charge in [-0.05, 0) is 31.4 Å². The maximum absolute atomic E-state index is 15.0. The predicted molar refractivity (Wildman–Crippen MR) is 99.1 cm³/mol. The van der Waals surface area contributed by atoms with Gasteiger partial charge < -0.3 is 15.3 Å². The van der Waals surface area contributed by atoms with Crippen molar-refractivity contribution in [3.8, 4) is 0 Å². The van der Waals surface area contributed by atoms with Crippen LogP contribution in [0.1, 0.15) is 31.2 Å². The molecule has 1 heterocycles. The molecule has 0 amide bonds. The number of allylic oxidation sites excluding steroid dienone is 2. The number of hydrogen-bond acceptors (Lipinski definition) is 3. The van der Waals surface area contributed by atoms with Crippen LogP contribution in [0.2, 0.25) is 0 Å². The molecule has 1 aromatic rings. The standard InChI is InChI=1S/C21H22F2N2O2/c22-18-15(13-7-2-1-3-8-13)16-20(24-10-6-9-14(26)27)17(19(18)23)21(16)25-11-4-5-12-25/h1-3,7-8,20,24H,4-6,9-12H2,(H,26,27). The van der Waals surface area contributed by atoms with E-state index in [2.05, 4.69) is 10.2 Å². The van der Waals surface area contributed by atoms with E-state index >= 15 is 0 Å². The van der Waals surface area contributed by atoms with E-state index in [0.717, 1.165) is 37.2 Å². The summed E-state index contributed by atoms with van der Waals surface area (Å²) in [6.07, 6.45) is 2.60. The van der Waals surface area contributed by atoms with Crippen molar-refractivity contribution in [3.63, 3.8) is 0 Å². The first-order valence-corrected chi connectivity index (χ1v) is 9.40. The van der Waals surface area contributed by atoms with Crippen LogP contribution < -0.4 is 5.32 Å². The van der Waals surface area contributed by atoms with Gasteiger partial charge in [-0.2, -0.15) is 0 Å². The van der Waals surface area contributed by atoms with Crippen molar-refractivity contribution in [1.82, 2.24) is 10.2 Å². The number of aliphatic carboxylic acids is 1. The van der Waals surface area contributed by atoms with E-state index in [1.165, 1.54) is 0 Å². The quantitative estimate of drug-likeness (QED) is 0.715. The molecule has 6 heteroatoms. The number of benzene rings is 1.